The van der Waals surface area contributed by atoms with Gasteiger partial charge in [-0.15, -0.1) is 0 Å². The zero-order valence-electron chi connectivity index (χ0n) is 13.0. The zero-order chi connectivity index (χ0) is 15.4. The van der Waals surface area contributed by atoms with E-state index < -0.39 is 0 Å². The van der Waals surface area contributed by atoms with Crippen molar-refractivity contribution in [2.45, 2.75) is 32.9 Å². The van der Waals surface area contributed by atoms with Crippen LogP contribution in [0.25, 0.3) is 0 Å². The van der Waals surface area contributed by atoms with Crippen molar-refractivity contribution >= 4 is 11.6 Å². The van der Waals surface area contributed by atoms with Gasteiger partial charge in [-0.2, -0.15) is 5.10 Å². The molecule has 0 radical (unpaired) electrons. The van der Waals surface area contributed by atoms with E-state index in [0.717, 1.165) is 35.1 Å². The van der Waals surface area contributed by atoms with E-state index in [1.54, 1.807) is 7.11 Å². The van der Waals surface area contributed by atoms with Gasteiger partial charge in [0.25, 0.3) is 0 Å². The first-order valence-corrected chi connectivity index (χ1v) is 7.51. The summed E-state index contributed by atoms with van der Waals surface area (Å²) in [6.07, 6.45) is 0.789. The monoisotopic (exact) mass is 307 g/mol. The third kappa shape index (κ3) is 3.39. The van der Waals surface area contributed by atoms with Crippen LogP contribution in [0.4, 0.5) is 0 Å². The maximum Gasteiger partial charge on any atom is 0.119 e. The van der Waals surface area contributed by atoms with Gasteiger partial charge in [-0.1, -0.05) is 23.7 Å². The van der Waals surface area contributed by atoms with E-state index in [1.807, 2.05) is 30.8 Å². The van der Waals surface area contributed by atoms with Crippen LogP contribution in [-0.2, 0) is 13.0 Å². The summed E-state index contributed by atoms with van der Waals surface area (Å²) in [7, 11) is 3.64. The van der Waals surface area contributed by atoms with Crippen LogP contribution < -0.4 is 10.1 Å². The number of likely N-dealkylation sites (N-methyl/N-ethyl adjacent to an activating group) is 1. The number of methoxy groups -OCH3 is 1. The topological polar surface area (TPSA) is 39.1 Å². The third-order valence-electron chi connectivity index (χ3n) is 3.69. The quantitative estimate of drug-likeness (QED) is 0.889. The molecule has 1 atom stereocenters. The van der Waals surface area contributed by atoms with E-state index >= 15 is 0 Å². The largest absolute Gasteiger partial charge is 0.497 e. The van der Waals surface area contributed by atoms with E-state index in [2.05, 4.69) is 29.5 Å². The Bertz CT molecular complexity index is 610. The van der Waals surface area contributed by atoms with E-state index in [9.17, 15) is 0 Å². The molecule has 0 aliphatic heterocycles. The molecule has 5 heteroatoms. The number of benzene rings is 1. The SMILES string of the molecule is CCn1nc(C)c(Cl)c1CC(NC)c1cccc(OC)c1. The van der Waals surface area contributed by atoms with Gasteiger partial charge in [0.15, 0.2) is 0 Å². The van der Waals surface area contributed by atoms with Crippen LogP contribution in [0.2, 0.25) is 5.02 Å². The fourth-order valence-electron chi connectivity index (χ4n) is 2.50. The fourth-order valence-corrected chi connectivity index (χ4v) is 2.71. The van der Waals surface area contributed by atoms with Gasteiger partial charge in [0.1, 0.15) is 5.75 Å². The first-order valence-electron chi connectivity index (χ1n) is 7.13. The van der Waals surface area contributed by atoms with Crippen LogP contribution in [0.1, 0.15) is 29.9 Å². The number of rotatable bonds is 6. The molecule has 1 heterocycles. The van der Waals surface area contributed by atoms with E-state index in [0.29, 0.717) is 0 Å². The first-order chi connectivity index (χ1) is 10.1. The highest BCUT2D eigenvalue weighted by Gasteiger charge is 2.18. The molecule has 1 aromatic heterocycles. The number of nitrogens with zero attached hydrogens (tertiary/aromatic N) is 2. The van der Waals surface area contributed by atoms with Crippen molar-refractivity contribution in [3.63, 3.8) is 0 Å². The van der Waals surface area contributed by atoms with Crippen molar-refractivity contribution < 1.29 is 4.74 Å². The average molecular weight is 308 g/mol. The normalized spacial score (nSPS) is 12.4. The number of hydrogen-bond donors (Lipinski definition) is 1. The summed E-state index contributed by atoms with van der Waals surface area (Å²) >= 11 is 6.40. The molecule has 0 saturated carbocycles. The summed E-state index contributed by atoms with van der Waals surface area (Å²) in [5.74, 6) is 0.860. The summed E-state index contributed by atoms with van der Waals surface area (Å²) in [5.41, 5.74) is 3.13. The minimum Gasteiger partial charge on any atom is -0.497 e. The molecule has 0 saturated heterocycles. The lowest BCUT2D eigenvalue weighted by Gasteiger charge is -2.18. The number of aromatic nitrogens is 2. The van der Waals surface area contributed by atoms with Crippen molar-refractivity contribution in [1.29, 1.82) is 0 Å². The van der Waals surface area contributed by atoms with Gasteiger partial charge >= 0.3 is 0 Å². The van der Waals surface area contributed by atoms with Crippen molar-refractivity contribution in [1.82, 2.24) is 15.1 Å². The summed E-state index contributed by atoms with van der Waals surface area (Å²) in [4.78, 5) is 0. The Morgan fingerprint density at radius 2 is 2.19 bits per heavy atom. The van der Waals surface area contributed by atoms with Crippen molar-refractivity contribution in [3.05, 3.63) is 46.2 Å². The van der Waals surface area contributed by atoms with Gasteiger partial charge in [-0.3, -0.25) is 4.68 Å². The third-order valence-corrected chi connectivity index (χ3v) is 4.19. The smallest absolute Gasteiger partial charge is 0.119 e. The second-order valence-electron chi connectivity index (χ2n) is 4.98. The summed E-state index contributed by atoms with van der Waals surface area (Å²) in [6.45, 7) is 4.83. The molecule has 2 rings (SSSR count). The van der Waals surface area contributed by atoms with Crippen molar-refractivity contribution in [2.24, 2.45) is 0 Å². The van der Waals surface area contributed by atoms with Gasteiger partial charge in [-0.05, 0) is 38.6 Å². The molecular weight excluding hydrogens is 286 g/mol. The molecule has 0 aliphatic carbocycles. The molecule has 1 aromatic carbocycles. The Kier molecular flexibility index (Phi) is 5.26. The molecule has 0 fully saturated rings. The van der Waals surface area contributed by atoms with Gasteiger partial charge in [0, 0.05) is 19.0 Å². The maximum atomic E-state index is 6.40. The Morgan fingerprint density at radius 1 is 1.43 bits per heavy atom. The Labute approximate surface area is 131 Å². The molecule has 0 aliphatic rings. The minimum atomic E-state index is 0.166. The molecule has 4 nitrogen and oxygen atoms in total. The Hall–Kier alpha value is -1.52. The highest BCUT2D eigenvalue weighted by atomic mass is 35.5. The van der Waals surface area contributed by atoms with Crippen LogP contribution >= 0.6 is 11.6 Å². The van der Waals surface area contributed by atoms with Gasteiger partial charge in [0.2, 0.25) is 0 Å². The molecular formula is C16H22ClN3O. The molecule has 0 amide bonds. The second-order valence-corrected chi connectivity index (χ2v) is 5.36. The molecule has 114 valence electrons. The van der Waals surface area contributed by atoms with E-state index in [-0.39, 0.29) is 6.04 Å². The Balaban J connectivity index is 2.30. The number of aryl methyl sites for hydroxylation is 2. The second kappa shape index (κ2) is 6.96. The zero-order valence-corrected chi connectivity index (χ0v) is 13.7. The van der Waals surface area contributed by atoms with Crippen LogP contribution in [0, 0.1) is 6.92 Å². The number of halogens is 1. The van der Waals surface area contributed by atoms with Crippen LogP contribution in [-0.4, -0.2) is 23.9 Å². The molecule has 1 unspecified atom stereocenters. The summed E-state index contributed by atoms with van der Waals surface area (Å²) in [6, 6.07) is 8.26. The minimum absolute atomic E-state index is 0.166. The van der Waals surface area contributed by atoms with Crippen LogP contribution in [0.15, 0.2) is 24.3 Å². The van der Waals surface area contributed by atoms with Gasteiger partial charge < -0.3 is 10.1 Å². The number of nitrogens with one attached hydrogen (secondary N) is 1. The molecule has 0 bridgehead atoms. The molecule has 21 heavy (non-hydrogen) atoms. The van der Waals surface area contributed by atoms with Crippen LogP contribution in [0.5, 0.6) is 5.75 Å². The van der Waals surface area contributed by atoms with Crippen LogP contribution in [0.3, 0.4) is 0 Å². The van der Waals surface area contributed by atoms with Crippen molar-refractivity contribution in [2.75, 3.05) is 14.2 Å². The highest BCUT2D eigenvalue weighted by molar-refractivity contribution is 6.31. The van der Waals surface area contributed by atoms with Gasteiger partial charge in [0.05, 0.1) is 23.5 Å². The first kappa shape index (κ1) is 15.9. The lowest BCUT2D eigenvalue weighted by atomic mass is 10.0. The van der Waals surface area contributed by atoms with E-state index in [1.165, 1.54) is 5.56 Å². The highest BCUT2D eigenvalue weighted by Crippen LogP contribution is 2.27. The van der Waals surface area contributed by atoms with E-state index in [4.69, 9.17) is 16.3 Å². The predicted molar refractivity (Wildman–Crippen MR) is 86.1 cm³/mol. The lowest BCUT2D eigenvalue weighted by molar-refractivity contribution is 0.413. The predicted octanol–water partition coefficient (Wildman–Crippen LogP) is 3.38. The molecule has 2 aromatic rings. The number of ether oxygens (including phenoxy) is 1. The van der Waals surface area contributed by atoms with Gasteiger partial charge in [-0.25, -0.2) is 0 Å². The standard InChI is InChI=1S/C16H22ClN3O/c1-5-20-15(16(17)11(2)19-20)10-14(18-3)12-7-6-8-13(9-12)21-4/h6-9,14,18H,5,10H2,1-4H3. The fraction of sp³-hybridized carbons (Fsp3) is 0.438. The van der Waals surface area contributed by atoms with Crippen molar-refractivity contribution in [3.8, 4) is 5.75 Å². The number of hydrogen-bond acceptors (Lipinski definition) is 3. The average Bonchev–Trinajstić information content (AvgIpc) is 2.79. The maximum absolute atomic E-state index is 6.40. The lowest BCUT2D eigenvalue weighted by Crippen LogP contribution is -2.20. The Morgan fingerprint density at radius 3 is 2.81 bits per heavy atom. The molecule has 1 N–H and O–H groups in total. The molecule has 0 spiro atoms. The summed E-state index contributed by atoms with van der Waals surface area (Å²) in [5, 5.41) is 8.59. The summed E-state index contributed by atoms with van der Waals surface area (Å²) < 4.78 is 7.28.